The van der Waals surface area contributed by atoms with E-state index in [1.54, 1.807) is 6.92 Å². The number of hydrogen-bond acceptors (Lipinski definition) is 3. The largest absolute Gasteiger partial charge is 0.455 e. The molecule has 6 aromatic rings. The molecule has 2 heterocycles. The Morgan fingerprint density at radius 1 is 0.743 bits per heavy atom. The molecule has 0 aliphatic heterocycles. The van der Waals surface area contributed by atoms with E-state index in [9.17, 15) is 9.65 Å². The van der Waals surface area contributed by atoms with Gasteiger partial charge >= 0.3 is 0 Å². The fourth-order valence-electron chi connectivity index (χ4n) is 4.52. The monoisotopic (exact) mass is 454 g/mol. The number of nitrogens with zero attached hydrogens (tertiary/aromatic N) is 2. The molecule has 0 unspecified atom stereocenters. The first kappa shape index (κ1) is 20.8. The number of furan rings is 1. The summed E-state index contributed by atoms with van der Waals surface area (Å²) in [4.78, 5) is 4.44. The first-order valence-electron chi connectivity index (χ1n) is 11.3. The molecule has 0 spiro atoms. The summed E-state index contributed by atoms with van der Waals surface area (Å²) in [6, 6.07) is 31.5. The second kappa shape index (κ2) is 8.23. The van der Waals surface area contributed by atoms with Crippen LogP contribution in [0.15, 0.2) is 102 Å². The molecule has 0 fully saturated rings. The van der Waals surface area contributed by atoms with Crippen molar-refractivity contribution < 1.29 is 8.81 Å². The lowest BCUT2D eigenvalue weighted by molar-refractivity contribution is 0.616. The summed E-state index contributed by atoms with van der Waals surface area (Å²) in [6.45, 7) is 1.69. The van der Waals surface area contributed by atoms with Crippen molar-refractivity contribution in [3.63, 3.8) is 0 Å². The van der Waals surface area contributed by atoms with Crippen molar-refractivity contribution in [2.45, 2.75) is 6.92 Å². The third kappa shape index (κ3) is 3.55. The van der Waals surface area contributed by atoms with E-state index in [4.69, 9.17) is 4.42 Å². The van der Waals surface area contributed by atoms with Gasteiger partial charge in [-0.2, -0.15) is 5.26 Å². The van der Waals surface area contributed by atoms with E-state index in [1.165, 1.54) is 12.3 Å². The number of halogens is 1. The van der Waals surface area contributed by atoms with Crippen LogP contribution >= 0.6 is 0 Å². The van der Waals surface area contributed by atoms with Crippen LogP contribution in [0.2, 0.25) is 0 Å². The van der Waals surface area contributed by atoms with Crippen molar-refractivity contribution >= 4 is 21.9 Å². The molecule has 0 saturated carbocycles. The normalized spacial score (nSPS) is 11.1. The second-order valence-electron chi connectivity index (χ2n) is 8.56. The summed E-state index contributed by atoms with van der Waals surface area (Å²) in [5.74, 6) is -0.312. The van der Waals surface area contributed by atoms with Crippen LogP contribution < -0.4 is 0 Å². The van der Waals surface area contributed by atoms with Gasteiger partial charge in [-0.1, -0.05) is 60.7 Å². The highest BCUT2D eigenvalue weighted by atomic mass is 19.1. The van der Waals surface area contributed by atoms with Crippen molar-refractivity contribution in [1.29, 1.82) is 5.26 Å². The van der Waals surface area contributed by atoms with Crippen molar-refractivity contribution in [3.05, 3.63) is 114 Å². The lowest BCUT2D eigenvalue weighted by Crippen LogP contribution is -1.89. The van der Waals surface area contributed by atoms with Crippen molar-refractivity contribution in [2.24, 2.45) is 0 Å². The molecule has 4 heteroatoms. The SMILES string of the molecule is Cc1cnc(-c2cccc3c2oc2c(-c4cccc(-c5ccccc5)c4)cc(C#N)cc23)cc1F. The number of pyridine rings is 1. The van der Waals surface area contributed by atoms with Gasteiger partial charge in [0.25, 0.3) is 0 Å². The molecule has 35 heavy (non-hydrogen) atoms. The zero-order valence-corrected chi connectivity index (χ0v) is 18.9. The van der Waals surface area contributed by atoms with E-state index in [-0.39, 0.29) is 5.82 Å². The third-order valence-electron chi connectivity index (χ3n) is 6.32. The van der Waals surface area contributed by atoms with Crippen LogP contribution in [0, 0.1) is 24.1 Å². The Morgan fingerprint density at radius 3 is 2.29 bits per heavy atom. The molecular formula is C31H19FN2O. The van der Waals surface area contributed by atoms with Crippen LogP contribution in [0.25, 0.3) is 55.4 Å². The quantitative estimate of drug-likeness (QED) is 0.270. The molecule has 166 valence electrons. The van der Waals surface area contributed by atoms with Crippen molar-refractivity contribution in [2.75, 3.05) is 0 Å². The number of aromatic nitrogens is 1. The Hall–Kier alpha value is -4.75. The molecule has 0 amide bonds. The Labute approximate surface area is 201 Å². The zero-order chi connectivity index (χ0) is 23.9. The summed E-state index contributed by atoms with van der Waals surface area (Å²) in [6.07, 6.45) is 1.53. The van der Waals surface area contributed by atoms with Crippen LogP contribution in [-0.2, 0) is 0 Å². The smallest absolute Gasteiger partial charge is 0.144 e. The highest BCUT2D eigenvalue weighted by Crippen LogP contribution is 2.41. The van der Waals surface area contributed by atoms with Gasteiger partial charge in [-0.3, -0.25) is 4.98 Å². The molecule has 0 saturated heterocycles. The minimum absolute atomic E-state index is 0.312. The molecule has 0 atom stereocenters. The van der Waals surface area contributed by atoms with E-state index in [0.717, 1.165) is 33.0 Å². The minimum atomic E-state index is -0.312. The lowest BCUT2D eigenvalue weighted by Gasteiger charge is -2.07. The number of para-hydroxylation sites is 1. The standard InChI is InChI=1S/C31H19FN2O/c1-19-18-34-29(16-28(19)32)25-12-6-11-24-27-14-20(17-33)13-26(31(27)35-30(24)25)23-10-5-9-22(15-23)21-7-3-2-4-8-21/h2-16,18H,1H3. The molecule has 2 aromatic heterocycles. The number of hydrogen-bond donors (Lipinski definition) is 0. The lowest BCUT2D eigenvalue weighted by atomic mass is 9.96. The Balaban J connectivity index is 1.62. The Morgan fingerprint density at radius 2 is 1.49 bits per heavy atom. The molecular weight excluding hydrogens is 435 g/mol. The van der Waals surface area contributed by atoms with Gasteiger partial charge in [-0.25, -0.2) is 4.39 Å². The van der Waals surface area contributed by atoms with E-state index in [2.05, 4.69) is 35.3 Å². The van der Waals surface area contributed by atoms with Gasteiger partial charge < -0.3 is 4.42 Å². The number of benzene rings is 4. The maximum atomic E-state index is 14.3. The molecule has 4 aromatic carbocycles. The van der Waals surface area contributed by atoms with Gasteiger partial charge in [0.2, 0.25) is 0 Å². The number of fused-ring (bicyclic) bond motifs is 3. The summed E-state index contributed by atoms with van der Waals surface area (Å²) in [5, 5.41) is 11.5. The summed E-state index contributed by atoms with van der Waals surface area (Å²) in [7, 11) is 0. The highest BCUT2D eigenvalue weighted by Gasteiger charge is 2.18. The first-order chi connectivity index (χ1) is 17.1. The molecule has 0 aliphatic carbocycles. The van der Waals surface area contributed by atoms with E-state index in [0.29, 0.717) is 33.6 Å². The zero-order valence-electron chi connectivity index (χ0n) is 18.9. The summed E-state index contributed by atoms with van der Waals surface area (Å²) in [5.41, 5.74) is 7.53. The number of nitriles is 1. The van der Waals surface area contributed by atoms with Gasteiger partial charge in [0, 0.05) is 39.7 Å². The highest BCUT2D eigenvalue weighted by molar-refractivity contribution is 6.13. The van der Waals surface area contributed by atoms with Gasteiger partial charge in [0.05, 0.1) is 17.3 Å². The predicted octanol–water partition coefficient (Wildman–Crippen LogP) is 8.30. The van der Waals surface area contributed by atoms with Gasteiger partial charge in [-0.05, 0) is 47.9 Å². The average Bonchev–Trinajstić information content (AvgIpc) is 3.29. The van der Waals surface area contributed by atoms with Gasteiger partial charge in [0.15, 0.2) is 0 Å². The number of rotatable bonds is 3. The van der Waals surface area contributed by atoms with Crippen molar-refractivity contribution in [3.8, 4) is 39.6 Å². The fourth-order valence-corrected chi connectivity index (χ4v) is 4.52. The van der Waals surface area contributed by atoms with Crippen LogP contribution in [0.5, 0.6) is 0 Å². The molecule has 0 aliphatic rings. The predicted molar refractivity (Wildman–Crippen MR) is 137 cm³/mol. The van der Waals surface area contributed by atoms with Crippen molar-refractivity contribution in [1.82, 2.24) is 4.98 Å². The molecule has 0 N–H and O–H groups in total. The average molecular weight is 455 g/mol. The fraction of sp³-hybridized carbons (Fsp3) is 0.0323. The van der Waals surface area contributed by atoms with Gasteiger partial charge in [0.1, 0.15) is 17.0 Å². The van der Waals surface area contributed by atoms with E-state index in [1.807, 2.05) is 60.7 Å². The number of aryl methyl sites for hydroxylation is 1. The van der Waals surface area contributed by atoms with Crippen LogP contribution in [0.4, 0.5) is 4.39 Å². The Kier molecular flexibility index (Phi) is 4.90. The van der Waals surface area contributed by atoms with Gasteiger partial charge in [-0.15, -0.1) is 0 Å². The van der Waals surface area contributed by atoms with Crippen LogP contribution in [-0.4, -0.2) is 4.98 Å². The first-order valence-corrected chi connectivity index (χ1v) is 11.3. The maximum absolute atomic E-state index is 14.3. The van der Waals surface area contributed by atoms with Crippen LogP contribution in [0.1, 0.15) is 11.1 Å². The minimum Gasteiger partial charge on any atom is -0.455 e. The molecule has 3 nitrogen and oxygen atoms in total. The van der Waals surface area contributed by atoms with E-state index >= 15 is 0 Å². The molecule has 6 rings (SSSR count). The Bertz CT molecular complexity index is 1780. The topological polar surface area (TPSA) is 49.8 Å². The van der Waals surface area contributed by atoms with E-state index < -0.39 is 0 Å². The maximum Gasteiger partial charge on any atom is 0.144 e. The summed E-state index contributed by atoms with van der Waals surface area (Å²) < 4.78 is 20.8. The third-order valence-corrected chi connectivity index (χ3v) is 6.32. The van der Waals surface area contributed by atoms with Crippen LogP contribution in [0.3, 0.4) is 0 Å². The molecule has 0 bridgehead atoms. The second-order valence-corrected chi connectivity index (χ2v) is 8.56. The molecule has 0 radical (unpaired) electrons. The summed E-state index contributed by atoms with van der Waals surface area (Å²) >= 11 is 0.